The van der Waals surface area contributed by atoms with Crippen LogP contribution in [0.2, 0.25) is 0 Å². The standard InChI is InChI=1S/C31H32O3S3/c1-5-6-16-33-27-17-26(31(32)34-20-21-10-8-7-9-11-21)30(22-12-14-23(35-2)15-13-22)25-19-29(37-4)28(36-3)18-24(25)27/h7-15,17-19H,5-6,16,20H2,1-4H3. The Kier molecular flexibility index (Phi) is 9.89. The number of carbonyl (C=O) groups is 1. The van der Waals surface area contributed by atoms with Gasteiger partial charge in [-0.25, -0.2) is 4.79 Å². The number of fused-ring (bicyclic) bond motifs is 1. The van der Waals surface area contributed by atoms with Gasteiger partial charge in [0.15, 0.2) is 0 Å². The number of hydrogen-bond donors (Lipinski definition) is 0. The van der Waals surface area contributed by atoms with Crippen LogP contribution in [0.1, 0.15) is 35.7 Å². The summed E-state index contributed by atoms with van der Waals surface area (Å²) >= 11 is 5.14. The molecular weight excluding hydrogens is 517 g/mol. The molecule has 0 aliphatic carbocycles. The summed E-state index contributed by atoms with van der Waals surface area (Å²) in [6.07, 6.45) is 8.23. The maximum absolute atomic E-state index is 13.6. The minimum Gasteiger partial charge on any atom is -0.493 e. The van der Waals surface area contributed by atoms with E-state index >= 15 is 0 Å². The number of carbonyl (C=O) groups excluding carboxylic acids is 1. The minimum atomic E-state index is -0.352. The van der Waals surface area contributed by atoms with Crippen molar-refractivity contribution in [1.29, 1.82) is 0 Å². The summed E-state index contributed by atoms with van der Waals surface area (Å²) < 4.78 is 12.1. The molecule has 0 unspecified atom stereocenters. The van der Waals surface area contributed by atoms with Gasteiger partial charge in [-0.15, -0.1) is 35.3 Å². The molecule has 0 bridgehead atoms. The van der Waals surface area contributed by atoms with Crippen LogP contribution < -0.4 is 4.74 Å². The van der Waals surface area contributed by atoms with Gasteiger partial charge in [0.1, 0.15) is 12.4 Å². The largest absolute Gasteiger partial charge is 0.493 e. The Morgan fingerprint density at radius 3 is 2.11 bits per heavy atom. The van der Waals surface area contributed by atoms with Gasteiger partial charge in [-0.2, -0.15) is 0 Å². The molecule has 4 aromatic rings. The molecule has 0 N–H and O–H groups in total. The first-order valence-electron chi connectivity index (χ1n) is 12.3. The van der Waals surface area contributed by atoms with Crippen LogP contribution in [0.15, 0.2) is 87.5 Å². The molecule has 0 saturated carbocycles. The van der Waals surface area contributed by atoms with Crippen molar-refractivity contribution in [3.63, 3.8) is 0 Å². The molecule has 0 heterocycles. The highest BCUT2D eigenvalue weighted by molar-refractivity contribution is 8.01. The van der Waals surface area contributed by atoms with Crippen molar-refractivity contribution in [3.05, 3.63) is 83.9 Å². The first-order valence-corrected chi connectivity index (χ1v) is 16.0. The molecule has 6 heteroatoms. The van der Waals surface area contributed by atoms with Crippen LogP contribution in [0.4, 0.5) is 0 Å². The Balaban J connectivity index is 1.92. The van der Waals surface area contributed by atoms with Gasteiger partial charge < -0.3 is 9.47 Å². The van der Waals surface area contributed by atoms with Gasteiger partial charge in [0.25, 0.3) is 0 Å². The van der Waals surface area contributed by atoms with E-state index in [2.05, 4.69) is 62.1 Å². The molecule has 0 atom stereocenters. The third-order valence-corrected chi connectivity index (χ3v) is 8.60. The smallest absolute Gasteiger partial charge is 0.339 e. The summed E-state index contributed by atoms with van der Waals surface area (Å²) in [6.45, 7) is 2.96. The van der Waals surface area contributed by atoms with Crippen molar-refractivity contribution in [1.82, 2.24) is 0 Å². The average molecular weight is 549 g/mol. The molecule has 0 aromatic heterocycles. The number of esters is 1. The van der Waals surface area contributed by atoms with Gasteiger partial charge in [0.05, 0.1) is 12.2 Å². The van der Waals surface area contributed by atoms with E-state index in [1.54, 1.807) is 35.3 Å². The highest BCUT2D eigenvalue weighted by Gasteiger charge is 2.22. The number of hydrogen-bond acceptors (Lipinski definition) is 6. The van der Waals surface area contributed by atoms with Crippen LogP contribution in [0.25, 0.3) is 21.9 Å². The Morgan fingerprint density at radius 2 is 1.49 bits per heavy atom. The fourth-order valence-electron chi connectivity index (χ4n) is 4.19. The predicted octanol–water partition coefficient (Wildman–Crippen LogP) is 9.21. The molecule has 192 valence electrons. The maximum Gasteiger partial charge on any atom is 0.339 e. The molecule has 0 amide bonds. The summed E-state index contributed by atoms with van der Waals surface area (Å²) in [7, 11) is 0. The Bertz CT molecular complexity index is 1350. The van der Waals surface area contributed by atoms with E-state index in [1.165, 1.54) is 14.7 Å². The maximum atomic E-state index is 13.6. The Hall–Kier alpha value is -2.54. The number of benzene rings is 4. The number of thioether (sulfide) groups is 3. The summed E-state index contributed by atoms with van der Waals surface area (Å²) in [5.41, 5.74) is 3.34. The third kappa shape index (κ3) is 6.49. The zero-order valence-corrected chi connectivity index (χ0v) is 24.2. The van der Waals surface area contributed by atoms with Crippen LogP contribution in [-0.4, -0.2) is 31.3 Å². The van der Waals surface area contributed by atoms with Crippen molar-refractivity contribution >= 4 is 52.0 Å². The lowest BCUT2D eigenvalue weighted by molar-refractivity contribution is 0.0473. The second-order valence-electron chi connectivity index (χ2n) is 8.54. The number of rotatable bonds is 11. The van der Waals surface area contributed by atoms with Gasteiger partial charge in [-0.3, -0.25) is 0 Å². The van der Waals surface area contributed by atoms with E-state index in [4.69, 9.17) is 9.47 Å². The van der Waals surface area contributed by atoms with Crippen molar-refractivity contribution in [3.8, 4) is 16.9 Å². The van der Waals surface area contributed by atoms with Gasteiger partial charge in [-0.05, 0) is 72.0 Å². The van der Waals surface area contributed by atoms with Crippen LogP contribution >= 0.6 is 35.3 Å². The van der Waals surface area contributed by atoms with Gasteiger partial charge in [0, 0.05) is 25.6 Å². The van der Waals surface area contributed by atoms with Gasteiger partial charge >= 0.3 is 5.97 Å². The summed E-state index contributed by atoms with van der Waals surface area (Å²) in [5, 5.41) is 2.02. The molecule has 37 heavy (non-hydrogen) atoms. The third-order valence-electron chi connectivity index (χ3n) is 6.17. The van der Waals surface area contributed by atoms with E-state index in [1.807, 2.05) is 36.4 Å². The predicted molar refractivity (Wildman–Crippen MR) is 161 cm³/mol. The summed E-state index contributed by atoms with van der Waals surface area (Å²) in [6, 6.07) is 24.4. The molecule has 3 nitrogen and oxygen atoms in total. The molecule has 4 rings (SSSR count). The first-order chi connectivity index (χ1) is 18.1. The summed E-state index contributed by atoms with van der Waals surface area (Å²) in [5.74, 6) is 0.372. The quantitative estimate of drug-likeness (QED) is 0.106. The molecule has 0 spiro atoms. The highest BCUT2D eigenvalue weighted by atomic mass is 32.2. The topological polar surface area (TPSA) is 35.5 Å². The first kappa shape index (κ1) is 27.5. The fraction of sp³-hybridized carbons (Fsp3) is 0.258. The minimum absolute atomic E-state index is 0.218. The normalized spacial score (nSPS) is 11.0. The van der Waals surface area contributed by atoms with Gasteiger partial charge in [-0.1, -0.05) is 55.8 Å². The van der Waals surface area contributed by atoms with E-state index in [9.17, 15) is 4.79 Å². The molecule has 0 aliphatic rings. The lowest BCUT2D eigenvalue weighted by Gasteiger charge is -2.19. The highest BCUT2D eigenvalue weighted by Crippen LogP contribution is 2.43. The molecule has 4 aromatic carbocycles. The zero-order valence-electron chi connectivity index (χ0n) is 21.7. The van der Waals surface area contributed by atoms with E-state index in [0.717, 1.165) is 46.1 Å². The molecule has 0 saturated heterocycles. The molecule has 0 radical (unpaired) electrons. The van der Waals surface area contributed by atoms with Crippen molar-refractivity contribution in [2.75, 3.05) is 25.4 Å². The lowest BCUT2D eigenvalue weighted by Crippen LogP contribution is -2.09. The second-order valence-corrected chi connectivity index (χ2v) is 11.1. The Morgan fingerprint density at radius 1 is 0.811 bits per heavy atom. The van der Waals surface area contributed by atoms with Crippen LogP contribution in [0.3, 0.4) is 0 Å². The monoisotopic (exact) mass is 548 g/mol. The zero-order chi connectivity index (χ0) is 26.2. The second kappa shape index (κ2) is 13.3. The molecular formula is C31H32O3S3. The number of ether oxygens (including phenoxy) is 2. The average Bonchev–Trinajstić information content (AvgIpc) is 2.95. The van der Waals surface area contributed by atoms with Crippen molar-refractivity contribution in [2.24, 2.45) is 0 Å². The van der Waals surface area contributed by atoms with Crippen molar-refractivity contribution in [2.45, 2.75) is 41.1 Å². The SMILES string of the molecule is CCCCOc1cc(C(=O)OCc2ccccc2)c(-c2ccc(SC)cc2)c2cc(SC)c(SC)cc12. The summed E-state index contributed by atoms with van der Waals surface area (Å²) in [4.78, 5) is 17.2. The van der Waals surface area contributed by atoms with Crippen LogP contribution in [0.5, 0.6) is 5.75 Å². The molecule has 0 aliphatic heterocycles. The number of unbranched alkanes of at least 4 members (excludes halogenated alkanes) is 1. The fourth-order valence-corrected chi connectivity index (χ4v) is 6.09. The van der Waals surface area contributed by atoms with Crippen molar-refractivity contribution < 1.29 is 14.3 Å². The van der Waals surface area contributed by atoms with Crippen LogP contribution in [0, 0.1) is 0 Å². The van der Waals surface area contributed by atoms with E-state index in [0.29, 0.717) is 12.2 Å². The molecule has 0 fully saturated rings. The lowest BCUT2D eigenvalue weighted by atomic mass is 9.92. The van der Waals surface area contributed by atoms with E-state index in [-0.39, 0.29) is 12.6 Å². The van der Waals surface area contributed by atoms with Crippen LogP contribution in [-0.2, 0) is 11.3 Å². The van der Waals surface area contributed by atoms with Gasteiger partial charge in [0.2, 0.25) is 0 Å². The Labute approximate surface area is 232 Å². The van der Waals surface area contributed by atoms with E-state index < -0.39 is 0 Å².